The van der Waals surface area contributed by atoms with Crippen LogP contribution in [0.4, 0.5) is 0 Å². The van der Waals surface area contributed by atoms with Crippen LogP contribution < -0.4 is 0 Å². The smallest absolute Gasteiger partial charge is 0.0849 e. The van der Waals surface area contributed by atoms with Crippen LogP contribution in [0.5, 0.6) is 0 Å². The molecule has 0 heterocycles. The molecule has 0 saturated carbocycles. The molecule has 0 aromatic rings. The van der Waals surface area contributed by atoms with E-state index in [-0.39, 0.29) is 13.0 Å². The molecule has 3 unspecified atom stereocenters. The number of aliphatic hydroxyl groups excluding tert-OH is 6. The van der Waals surface area contributed by atoms with Gasteiger partial charge in [-0.25, -0.2) is 0 Å². The van der Waals surface area contributed by atoms with E-state index in [9.17, 15) is 15.3 Å². The van der Waals surface area contributed by atoms with Crippen molar-refractivity contribution in [2.45, 2.75) is 24.7 Å². The second kappa shape index (κ2) is 7.10. The summed E-state index contributed by atoms with van der Waals surface area (Å²) < 4.78 is 0. The predicted molar refractivity (Wildman–Crippen MR) is 47.4 cm³/mol. The van der Waals surface area contributed by atoms with Gasteiger partial charge in [0, 0.05) is 12.5 Å². The molecule has 6 N–H and O–H groups in total. The quantitative estimate of drug-likeness (QED) is 0.267. The van der Waals surface area contributed by atoms with E-state index in [0.717, 1.165) is 0 Å². The van der Waals surface area contributed by atoms with Crippen LogP contribution in [0.3, 0.4) is 0 Å². The molecule has 0 bridgehead atoms. The molecule has 0 aromatic carbocycles. The maximum Gasteiger partial charge on any atom is 0.0849 e. The Kier molecular flexibility index (Phi) is 6.98. The van der Waals surface area contributed by atoms with Crippen molar-refractivity contribution in [3.8, 4) is 0 Å². The van der Waals surface area contributed by atoms with Crippen molar-refractivity contribution >= 4 is 0 Å². The molecule has 0 saturated heterocycles. The molecule has 0 aliphatic rings. The highest BCUT2D eigenvalue weighted by Gasteiger charge is 2.32. The fraction of sp³-hybridized carbons (Fsp3) is 1.00. The Bertz CT molecular complexity index is 132. The highest BCUT2D eigenvalue weighted by atomic mass is 16.3. The summed E-state index contributed by atoms with van der Waals surface area (Å²) in [6.45, 7) is -1.54. The molecule has 0 aromatic heterocycles. The summed E-state index contributed by atoms with van der Waals surface area (Å²) >= 11 is 0. The molecular formula is C8H18O6. The Balaban J connectivity index is 4.36. The van der Waals surface area contributed by atoms with E-state index < -0.39 is 37.4 Å². The first kappa shape index (κ1) is 13.8. The number of hydrogen-bond donors (Lipinski definition) is 6. The first-order valence-corrected chi connectivity index (χ1v) is 4.45. The van der Waals surface area contributed by atoms with Crippen molar-refractivity contribution in [2.24, 2.45) is 5.92 Å². The van der Waals surface area contributed by atoms with Crippen molar-refractivity contribution in [1.29, 1.82) is 0 Å². The maximum atomic E-state index is 9.41. The Hall–Kier alpha value is -0.240. The fourth-order valence-corrected chi connectivity index (χ4v) is 1.34. The van der Waals surface area contributed by atoms with Crippen LogP contribution in [0.1, 0.15) is 6.42 Å². The van der Waals surface area contributed by atoms with E-state index in [1.165, 1.54) is 0 Å². The summed E-state index contributed by atoms with van der Waals surface area (Å²) in [5.41, 5.74) is 0. The lowest BCUT2D eigenvalue weighted by Gasteiger charge is -2.29. The topological polar surface area (TPSA) is 121 Å². The number of hydrogen-bond acceptors (Lipinski definition) is 6. The molecule has 14 heavy (non-hydrogen) atoms. The molecule has 3 atom stereocenters. The zero-order valence-electron chi connectivity index (χ0n) is 7.82. The lowest BCUT2D eigenvalue weighted by Crippen LogP contribution is -2.44. The average molecular weight is 210 g/mol. The van der Waals surface area contributed by atoms with E-state index in [4.69, 9.17) is 15.3 Å². The molecule has 0 fully saturated rings. The molecule has 0 amide bonds. The molecule has 0 aliphatic carbocycles. The monoisotopic (exact) mass is 210 g/mol. The highest BCUT2D eigenvalue weighted by Crippen LogP contribution is 2.17. The summed E-state index contributed by atoms with van der Waals surface area (Å²) in [5.74, 6) is -1.06. The third kappa shape index (κ3) is 3.87. The van der Waals surface area contributed by atoms with Gasteiger partial charge < -0.3 is 30.6 Å². The SMILES string of the molecule is OCCC(O)C(C(O)CO)C(O)CO. The molecule has 86 valence electrons. The maximum absolute atomic E-state index is 9.41. The second-order valence-electron chi connectivity index (χ2n) is 3.16. The van der Waals surface area contributed by atoms with E-state index in [0.29, 0.717) is 0 Å². The van der Waals surface area contributed by atoms with Crippen molar-refractivity contribution in [3.63, 3.8) is 0 Å². The van der Waals surface area contributed by atoms with Crippen LogP contribution in [-0.4, -0.2) is 68.8 Å². The van der Waals surface area contributed by atoms with Gasteiger partial charge in [0.25, 0.3) is 0 Å². The highest BCUT2D eigenvalue weighted by molar-refractivity contribution is 4.81. The van der Waals surface area contributed by atoms with E-state index in [1.54, 1.807) is 0 Å². The number of aliphatic hydroxyl groups is 6. The van der Waals surface area contributed by atoms with Gasteiger partial charge in [-0.15, -0.1) is 0 Å². The minimum Gasteiger partial charge on any atom is -0.396 e. The normalized spacial score (nSPS) is 20.1. The zero-order chi connectivity index (χ0) is 11.1. The van der Waals surface area contributed by atoms with Gasteiger partial charge in [0.1, 0.15) is 0 Å². The van der Waals surface area contributed by atoms with Crippen molar-refractivity contribution < 1.29 is 30.6 Å². The first-order valence-electron chi connectivity index (χ1n) is 4.45. The molecule has 0 spiro atoms. The van der Waals surface area contributed by atoms with Gasteiger partial charge in [-0.05, 0) is 6.42 Å². The Morgan fingerprint density at radius 2 is 1.14 bits per heavy atom. The summed E-state index contributed by atoms with van der Waals surface area (Å²) in [4.78, 5) is 0. The molecule has 0 aliphatic heterocycles. The summed E-state index contributed by atoms with van der Waals surface area (Å²) in [6, 6.07) is 0. The lowest BCUT2D eigenvalue weighted by molar-refractivity contribution is -0.0917. The van der Waals surface area contributed by atoms with Crippen LogP contribution in [0, 0.1) is 5.92 Å². The fourth-order valence-electron chi connectivity index (χ4n) is 1.34. The van der Waals surface area contributed by atoms with Crippen LogP contribution in [0.2, 0.25) is 0 Å². The van der Waals surface area contributed by atoms with Crippen LogP contribution in [0.15, 0.2) is 0 Å². The van der Waals surface area contributed by atoms with E-state index in [1.807, 2.05) is 0 Å². The third-order valence-corrected chi connectivity index (χ3v) is 2.13. The Morgan fingerprint density at radius 1 is 0.714 bits per heavy atom. The molecule has 6 heteroatoms. The van der Waals surface area contributed by atoms with Gasteiger partial charge >= 0.3 is 0 Å². The third-order valence-electron chi connectivity index (χ3n) is 2.13. The lowest BCUT2D eigenvalue weighted by atomic mass is 9.89. The van der Waals surface area contributed by atoms with Crippen molar-refractivity contribution in [3.05, 3.63) is 0 Å². The largest absolute Gasteiger partial charge is 0.396 e. The second-order valence-corrected chi connectivity index (χ2v) is 3.16. The zero-order valence-corrected chi connectivity index (χ0v) is 7.82. The van der Waals surface area contributed by atoms with Gasteiger partial charge in [-0.1, -0.05) is 0 Å². The first-order chi connectivity index (χ1) is 6.58. The van der Waals surface area contributed by atoms with Gasteiger partial charge in [-0.2, -0.15) is 0 Å². The summed E-state index contributed by atoms with van der Waals surface area (Å²) in [5, 5.41) is 53.8. The van der Waals surface area contributed by atoms with Gasteiger partial charge in [0.05, 0.1) is 31.5 Å². The standard InChI is InChI=1S/C8H18O6/c9-2-1-5(12)8(6(13)3-10)7(14)4-11/h5-14H,1-4H2. The van der Waals surface area contributed by atoms with E-state index >= 15 is 0 Å². The van der Waals surface area contributed by atoms with Gasteiger partial charge in [0.15, 0.2) is 0 Å². The van der Waals surface area contributed by atoms with Gasteiger partial charge in [0.2, 0.25) is 0 Å². The van der Waals surface area contributed by atoms with Gasteiger partial charge in [-0.3, -0.25) is 0 Å². The molecular weight excluding hydrogens is 192 g/mol. The van der Waals surface area contributed by atoms with Crippen LogP contribution in [-0.2, 0) is 0 Å². The van der Waals surface area contributed by atoms with Crippen LogP contribution in [0.25, 0.3) is 0 Å². The summed E-state index contributed by atoms with van der Waals surface area (Å²) in [7, 11) is 0. The Morgan fingerprint density at radius 3 is 1.43 bits per heavy atom. The van der Waals surface area contributed by atoms with E-state index in [2.05, 4.69) is 0 Å². The number of rotatable bonds is 7. The Labute approximate surface area is 82.1 Å². The molecule has 0 rings (SSSR count). The average Bonchev–Trinajstić information content (AvgIpc) is 2.17. The van der Waals surface area contributed by atoms with Crippen molar-refractivity contribution in [2.75, 3.05) is 19.8 Å². The predicted octanol–water partition coefficient (Wildman–Crippen LogP) is -2.95. The minimum atomic E-state index is -1.32. The minimum absolute atomic E-state index is 0.0290. The summed E-state index contributed by atoms with van der Waals surface area (Å²) in [6.07, 6.45) is -3.83. The van der Waals surface area contributed by atoms with Crippen LogP contribution >= 0.6 is 0 Å². The van der Waals surface area contributed by atoms with Crippen molar-refractivity contribution in [1.82, 2.24) is 0 Å². The molecule has 0 radical (unpaired) electrons. The molecule has 6 nitrogen and oxygen atoms in total.